The maximum absolute atomic E-state index is 5.82. The van der Waals surface area contributed by atoms with E-state index >= 15 is 0 Å². The van der Waals surface area contributed by atoms with Crippen LogP contribution < -0.4 is 15.2 Å². The van der Waals surface area contributed by atoms with Crippen LogP contribution in [-0.2, 0) is 6.61 Å². The standard InChI is InChI=1S/C15H15Br2NO2/c1-2-19-14-6-4-12(18)7-10(14)9-20-15-5-3-11(16)8-13(15)17/h3-8H,2,9,18H2,1H3. The topological polar surface area (TPSA) is 44.5 Å². The number of benzene rings is 2. The molecule has 0 aliphatic rings. The third-order valence-electron chi connectivity index (χ3n) is 2.66. The van der Waals surface area contributed by atoms with E-state index in [9.17, 15) is 0 Å². The van der Waals surface area contributed by atoms with Crippen LogP contribution in [0, 0.1) is 0 Å². The Kier molecular flexibility index (Phi) is 5.31. The smallest absolute Gasteiger partial charge is 0.134 e. The van der Waals surface area contributed by atoms with Gasteiger partial charge in [-0.05, 0) is 59.3 Å². The largest absolute Gasteiger partial charge is 0.493 e. The summed E-state index contributed by atoms with van der Waals surface area (Å²) in [5.41, 5.74) is 7.44. The highest BCUT2D eigenvalue weighted by atomic mass is 79.9. The van der Waals surface area contributed by atoms with E-state index in [1.54, 1.807) is 0 Å². The molecule has 0 saturated carbocycles. The Labute approximate surface area is 135 Å². The van der Waals surface area contributed by atoms with E-state index < -0.39 is 0 Å². The second-order valence-electron chi connectivity index (χ2n) is 4.16. The molecular weight excluding hydrogens is 386 g/mol. The van der Waals surface area contributed by atoms with Crippen LogP contribution in [0.25, 0.3) is 0 Å². The number of ether oxygens (including phenoxy) is 2. The van der Waals surface area contributed by atoms with E-state index in [1.165, 1.54) is 0 Å². The minimum absolute atomic E-state index is 0.403. The van der Waals surface area contributed by atoms with Crippen LogP contribution in [0.2, 0.25) is 0 Å². The summed E-state index contributed by atoms with van der Waals surface area (Å²) in [7, 11) is 0. The van der Waals surface area contributed by atoms with E-state index in [0.29, 0.717) is 18.9 Å². The van der Waals surface area contributed by atoms with E-state index in [2.05, 4.69) is 31.9 Å². The third-order valence-corrected chi connectivity index (χ3v) is 3.77. The summed E-state index contributed by atoms with van der Waals surface area (Å²) in [5, 5.41) is 0. The molecule has 0 spiro atoms. The fourth-order valence-electron chi connectivity index (χ4n) is 1.76. The summed E-state index contributed by atoms with van der Waals surface area (Å²) in [6, 6.07) is 11.3. The van der Waals surface area contributed by atoms with Crippen LogP contribution in [0.5, 0.6) is 11.5 Å². The zero-order valence-corrected chi connectivity index (χ0v) is 14.2. The van der Waals surface area contributed by atoms with Crippen LogP contribution in [0.3, 0.4) is 0 Å². The van der Waals surface area contributed by atoms with Gasteiger partial charge in [0.1, 0.15) is 18.1 Å². The molecule has 0 bridgehead atoms. The predicted octanol–water partition coefficient (Wildman–Crippen LogP) is 4.77. The zero-order valence-electron chi connectivity index (χ0n) is 11.0. The van der Waals surface area contributed by atoms with Gasteiger partial charge in [0, 0.05) is 15.7 Å². The Balaban J connectivity index is 2.15. The number of hydrogen-bond acceptors (Lipinski definition) is 3. The average molecular weight is 401 g/mol. The zero-order chi connectivity index (χ0) is 14.5. The first-order chi connectivity index (χ1) is 9.60. The molecule has 0 fully saturated rings. The molecule has 0 aliphatic carbocycles. The van der Waals surface area contributed by atoms with Gasteiger partial charge < -0.3 is 15.2 Å². The highest BCUT2D eigenvalue weighted by Gasteiger charge is 2.07. The molecule has 5 heteroatoms. The van der Waals surface area contributed by atoms with E-state index in [1.807, 2.05) is 43.3 Å². The number of hydrogen-bond donors (Lipinski definition) is 1. The third kappa shape index (κ3) is 3.90. The molecular formula is C15H15Br2NO2. The van der Waals surface area contributed by atoms with Crippen molar-refractivity contribution in [2.24, 2.45) is 0 Å². The molecule has 2 aromatic rings. The van der Waals surface area contributed by atoms with Gasteiger partial charge in [0.25, 0.3) is 0 Å². The molecule has 3 nitrogen and oxygen atoms in total. The minimum atomic E-state index is 0.403. The summed E-state index contributed by atoms with van der Waals surface area (Å²) in [5.74, 6) is 1.58. The quantitative estimate of drug-likeness (QED) is 0.735. The van der Waals surface area contributed by atoms with Gasteiger partial charge in [0.05, 0.1) is 11.1 Å². The molecule has 2 N–H and O–H groups in total. The molecule has 2 aromatic carbocycles. The van der Waals surface area contributed by atoms with Gasteiger partial charge in [-0.2, -0.15) is 0 Å². The van der Waals surface area contributed by atoms with Gasteiger partial charge in [0.2, 0.25) is 0 Å². The van der Waals surface area contributed by atoms with Crippen molar-refractivity contribution >= 4 is 37.5 Å². The van der Waals surface area contributed by atoms with Crippen molar-refractivity contribution in [3.05, 3.63) is 50.9 Å². The molecule has 0 heterocycles. The lowest BCUT2D eigenvalue weighted by Gasteiger charge is -2.13. The first-order valence-corrected chi connectivity index (χ1v) is 7.77. The first kappa shape index (κ1) is 15.2. The van der Waals surface area contributed by atoms with Crippen LogP contribution in [-0.4, -0.2) is 6.61 Å². The van der Waals surface area contributed by atoms with Crippen LogP contribution in [0.15, 0.2) is 45.3 Å². The fraction of sp³-hybridized carbons (Fsp3) is 0.200. The predicted molar refractivity (Wildman–Crippen MR) is 88.2 cm³/mol. The lowest BCUT2D eigenvalue weighted by Crippen LogP contribution is -2.02. The van der Waals surface area contributed by atoms with Gasteiger partial charge in [-0.1, -0.05) is 15.9 Å². The molecule has 0 unspecified atom stereocenters. The summed E-state index contributed by atoms with van der Waals surface area (Å²) in [6.07, 6.45) is 0. The second kappa shape index (κ2) is 6.99. The Morgan fingerprint density at radius 1 is 1.00 bits per heavy atom. The van der Waals surface area contributed by atoms with Gasteiger partial charge in [0.15, 0.2) is 0 Å². The van der Waals surface area contributed by atoms with E-state index in [0.717, 1.165) is 26.0 Å². The average Bonchev–Trinajstić information content (AvgIpc) is 2.41. The number of nitrogens with two attached hydrogens (primary N) is 1. The lowest BCUT2D eigenvalue weighted by molar-refractivity contribution is 0.285. The van der Waals surface area contributed by atoms with Gasteiger partial charge in [-0.25, -0.2) is 0 Å². The molecule has 106 valence electrons. The summed E-state index contributed by atoms with van der Waals surface area (Å²) in [6.45, 7) is 2.96. The fourth-order valence-corrected chi connectivity index (χ4v) is 2.92. The number of anilines is 1. The van der Waals surface area contributed by atoms with Gasteiger partial charge in [-0.15, -0.1) is 0 Å². The maximum Gasteiger partial charge on any atom is 0.134 e. The number of nitrogen functional groups attached to an aromatic ring is 1. The van der Waals surface area contributed by atoms with Crippen molar-refractivity contribution in [3.8, 4) is 11.5 Å². The Hall–Kier alpha value is -1.20. The highest BCUT2D eigenvalue weighted by Crippen LogP contribution is 2.30. The highest BCUT2D eigenvalue weighted by molar-refractivity contribution is 9.11. The Bertz CT molecular complexity index is 602. The Morgan fingerprint density at radius 3 is 2.45 bits per heavy atom. The molecule has 20 heavy (non-hydrogen) atoms. The molecule has 0 saturated heterocycles. The van der Waals surface area contributed by atoms with Crippen molar-refractivity contribution in [2.45, 2.75) is 13.5 Å². The molecule has 0 aromatic heterocycles. The molecule has 0 aliphatic heterocycles. The lowest BCUT2D eigenvalue weighted by atomic mass is 10.2. The Morgan fingerprint density at radius 2 is 1.75 bits per heavy atom. The van der Waals surface area contributed by atoms with Crippen molar-refractivity contribution in [1.82, 2.24) is 0 Å². The monoisotopic (exact) mass is 399 g/mol. The van der Waals surface area contributed by atoms with Gasteiger partial charge >= 0.3 is 0 Å². The van der Waals surface area contributed by atoms with Crippen LogP contribution in [0.4, 0.5) is 5.69 Å². The van der Waals surface area contributed by atoms with E-state index in [4.69, 9.17) is 15.2 Å². The van der Waals surface area contributed by atoms with E-state index in [-0.39, 0.29) is 0 Å². The number of halogens is 2. The minimum Gasteiger partial charge on any atom is -0.493 e. The summed E-state index contributed by atoms with van der Waals surface area (Å²) >= 11 is 6.89. The normalized spacial score (nSPS) is 10.3. The van der Waals surface area contributed by atoms with Crippen molar-refractivity contribution in [3.63, 3.8) is 0 Å². The SMILES string of the molecule is CCOc1ccc(N)cc1COc1ccc(Br)cc1Br. The molecule has 0 atom stereocenters. The van der Waals surface area contributed by atoms with Crippen molar-refractivity contribution in [2.75, 3.05) is 12.3 Å². The van der Waals surface area contributed by atoms with Crippen molar-refractivity contribution in [1.29, 1.82) is 0 Å². The number of rotatable bonds is 5. The maximum atomic E-state index is 5.82. The van der Waals surface area contributed by atoms with Crippen molar-refractivity contribution < 1.29 is 9.47 Å². The summed E-state index contributed by atoms with van der Waals surface area (Å²) in [4.78, 5) is 0. The first-order valence-electron chi connectivity index (χ1n) is 6.19. The molecule has 0 amide bonds. The molecule has 0 radical (unpaired) electrons. The van der Waals surface area contributed by atoms with Crippen LogP contribution >= 0.6 is 31.9 Å². The van der Waals surface area contributed by atoms with Crippen LogP contribution in [0.1, 0.15) is 12.5 Å². The molecule has 2 rings (SSSR count). The van der Waals surface area contributed by atoms with Gasteiger partial charge in [-0.3, -0.25) is 0 Å². The second-order valence-corrected chi connectivity index (χ2v) is 5.93. The summed E-state index contributed by atoms with van der Waals surface area (Å²) < 4.78 is 13.3.